The minimum atomic E-state index is 0.328. The molecule has 33 heavy (non-hydrogen) atoms. The predicted molar refractivity (Wildman–Crippen MR) is 143 cm³/mol. The molecule has 0 unspecified atom stereocenters. The molecule has 0 amide bonds. The summed E-state index contributed by atoms with van der Waals surface area (Å²) in [5, 5.41) is 2.81. The van der Waals surface area contributed by atoms with Crippen LogP contribution in [0.5, 0.6) is 0 Å². The van der Waals surface area contributed by atoms with Crippen molar-refractivity contribution in [2.24, 2.45) is 0 Å². The van der Waals surface area contributed by atoms with E-state index in [-0.39, 0.29) is 0 Å². The number of benzene rings is 3. The summed E-state index contributed by atoms with van der Waals surface area (Å²) in [5.41, 5.74) is 10.3. The number of anilines is 2. The van der Waals surface area contributed by atoms with Crippen molar-refractivity contribution in [1.82, 2.24) is 4.58 Å². The third kappa shape index (κ3) is 3.43. The van der Waals surface area contributed by atoms with Gasteiger partial charge in [-0.15, -0.1) is 0 Å². The van der Waals surface area contributed by atoms with Gasteiger partial charge < -0.3 is 0 Å². The van der Waals surface area contributed by atoms with Crippen LogP contribution in [0, 0.1) is 0 Å². The molecule has 2 aromatic carbocycles. The van der Waals surface area contributed by atoms with Crippen LogP contribution in [0.4, 0.5) is 11.4 Å². The average Bonchev–Trinajstić information content (AvgIpc) is 2.83. The second kappa shape index (κ2) is 8.04. The molecule has 0 saturated carbocycles. The summed E-state index contributed by atoms with van der Waals surface area (Å²) in [7, 11) is 8.52. The van der Waals surface area contributed by atoms with Crippen molar-refractivity contribution in [2.45, 2.75) is 25.7 Å². The van der Waals surface area contributed by atoms with E-state index >= 15 is 0 Å². The van der Waals surface area contributed by atoms with E-state index in [0.717, 1.165) is 0 Å². The van der Waals surface area contributed by atoms with E-state index < -0.39 is 0 Å². The summed E-state index contributed by atoms with van der Waals surface area (Å²) >= 11 is 0.328. The number of nitrogens with zero attached hydrogens (tertiary/aromatic N) is 3. The molecular formula is C29H32N3Se+. The molecule has 0 radical (unpaired) electrons. The van der Waals surface area contributed by atoms with Crippen molar-refractivity contribution in [3.05, 3.63) is 65.0 Å². The van der Waals surface area contributed by atoms with E-state index in [0.29, 0.717) is 14.5 Å². The van der Waals surface area contributed by atoms with E-state index in [1.165, 1.54) is 76.3 Å². The number of hydrogen-bond acceptors (Lipinski definition) is 2. The van der Waals surface area contributed by atoms with Crippen molar-refractivity contribution in [3.63, 3.8) is 0 Å². The Morgan fingerprint density at radius 1 is 0.909 bits per heavy atom. The van der Waals surface area contributed by atoms with Crippen molar-refractivity contribution < 1.29 is 0 Å². The molecule has 3 heterocycles. The third-order valence-corrected chi connectivity index (χ3v) is 9.95. The van der Waals surface area contributed by atoms with E-state index in [9.17, 15) is 0 Å². The first-order valence-electron chi connectivity index (χ1n) is 12.1. The topological polar surface area (TPSA) is 9.49 Å². The van der Waals surface area contributed by atoms with E-state index in [1.807, 2.05) is 0 Å². The van der Waals surface area contributed by atoms with Gasteiger partial charge in [-0.3, -0.25) is 0 Å². The van der Waals surface area contributed by atoms with Gasteiger partial charge in [0.2, 0.25) is 0 Å². The van der Waals surface area contributed by atoms with Gasteiger partial charge in [-0.2, -0.15) is 0 Å². The summed E-state index contributed by atoms with van der Waals surface area (Å²) < 4.78 is 5.40. The SMILES string of the molecule is CN(C)c1ccc(-c2c3ccc(=[N+](C)C)cc-3[se]c3c4c5c(cc23)CCCN5CCC4)cc1. The van der Waals surface area contributed by atoms with Gasteiger partial charge in [0.1, 0.15) is 0 Å². The zero-order valence-electron chi connectivity index (χ0n) is 20.1. The summed E-state index contributed by atoms with van der Waals surface area (Å²) in [6.45, 7) is 2.46. The molecule has 0 spiro atoms. The number of aryl methyl sites for hydroxylation is 2. The third-order valence-electron chi connectivity index (χ3n) is 7.38. The Bertz CT molecular complexity index is 1410. The number of rotatable bonds is 2. The Labute approximate surface area is 202 Å². The molecule has 6 rings (SSSR count). The number of fused-ring (bicyclic) bond motifs is 3. The molecule has 3 aliphatic heterocycles. The molecule has 0 bridgehead atoms. The van der Waals surface area contributed by atoms with Crippen LogP contribution < -0.4 is 19.7 Å². The second-order valence-corrected chi connectivity index (χ2v) is 12.1. The van der Waals surface area contributed by atoms with Crippen molar-refractivity contribution >= 4 is 35.5 Å². The molecule has 4 aliphatic rings. The van der Waals surface area contributed by atoms with Gasteiger partial charge in [-0.1, -0.05) is 0 Å². The Hall–Kier alpha value is -2.55. The quantitative estimate of drug-likeness (QED) is 0.228. The molecule has 168 valence electrons. The average molecular weight is 502 g/mol. The van der Waals surface area contributed by atoms with Gasteiger partial charge in [0.25, 0.3) is 0 Å². The molecule has 0 aromatic heterocycles. The Morgan fingerprint density at radius 3 is 2.39 bits per heavy atom. The van der Waals surface area contributed by atoms with Crippen LogP contribution in [0.2, 0.25) is 0 Å². The molecule has 0 N–H and O–H groups in total. The molecule has 0 atom stereocenters. The van der Waals surface area contributed by atoms with E-state index in [4.69, 9.17) is 0 Å². The van der Waals surface area contributed by atoms with Gasteiger partial charge in [-0.05, 0) is 0 Å². The van der Waals surface area contributed by atoms with E-state index in [2.05, 4.69) is 91.1 Å². The minimum absolute atomic E-state index is 0.328. The Morgan fingerprint density at radius 2 is 1.67 bits per heavy atom. The first-order chi connectivity index (χ1) is 16.0. The zero-order chi connectivity index (χ0) is 22.7. The second-order valence-electron chi connectivity index (χ2n) is 9.93. The predicted octanol–water partition coefficient (Wildman–Crippen LogP) is 4.47. The van der Waals surface area contributed by atoms with Gasteiger partial charge in [0.15, 0.2) is 0 Å². The fourth-order valence-corrected chi connectivity index (χ4v) is 8.38. The van der Waals surface area contributed by atoms with Crippen LogP contribution >= 0.6 is 0 Å². The van der Waals surface area contributed by atoms with Crippen molar-refractivity contribution in [2.75, 3.05) is 51.1 Å². The molecular weight excluding hydrogens is 469 g/mol. The fourth-order valence-electron chi connectivity index (χ4n) is 5.71. The molecule has 4 heteroatoms. The zero-order valence-corrected chi connectivity index (χ0v) is 21.8. The van der Waals surface area contributed by atoms with Crippen LogP contribution in [0.1, 0.15) is 24.0 Å². The van der Waals surface area contributed by atoms with Crippen molar-refractivity contribution in [1.29, 1.82) is 0 Å². The maximum atomic E-state index is 2.69. The monoisotopic (exact) mass is 502 g/mol. The Kier molecular flexibility index (Phi) is 5.12. The normalized spacial score (nSPS) is 15.1. The fraction of sp³-hybridized carbons (Fsp3) is 0.345. The molecule has 0 saturated heterocycles. The van der Waals surface area contributed by atoms with Gasteiger partial charge in [0.05, 0.1) is 0 Å². The standard InChI is InChI=1S/C29H32N3Se/c1-30(2)21-11-9-19(10-12-21)27-23-14-13-22(31(3)4)18-26(23)33-29-24-8-6-16-32-15-5-7-20(28(24)32)17-25(27)29/h9-14,17-18H,5-8,15-16H2,1-4H3/q+1. The summed E-state index contributed by atoms with van der Waals surface area (Å²) in [5.74, 6) is 0. The molecule has 0 fully saturated rings. The summed E-state index contributed by atoms with van der Waals surface area (Å²) in [6, 6.07) is 18.9. The van der Waals surface area contributed by atoms with Gasteiger partial charge in [0, 0.05) is 0 Å². The maximum absolute atomic E-state index is 2.69. The molecule has 1 aliphatic carbocycles. The first-order valence-corrected chi connectivity index (χ1v) is 13.8. The first kappa shape index (κ1) is 21.0. The van der Waals surface area contributed by atoms with E-state index in [1.54, 1.807) is 21.1 Å². The van der Waals surface area contributed by atoms with Gasteiger partial charge >= 0.3 is 203 Å². The summed E-state index contributed by atoms with van der Waals surface area (Å²) in [6.07, 6.45) is 5.03. The Balaban J connectivity index is 1.73. The summed E-state index contributed by atoms with van der Waals surface area (Å²) in [4.78, 5) is 4.87. The van der Waals surface area contributed by atoms with Crippen molar-refractivity contribution in [3.8, 4) is 21.1 Å². The van der Waals surface area contributed by atoms with Crippen LogP contribution in [0.3, 0.4) is 0 Å². The molecule has 2 aromatic rings. The van der Waals surface area contributed by atoms with Crippen LogP contribution in [0.15, 0.2) is 48.5 Å². The van der Waals surface area contributed by atoms with Crippen LogP contribution in [-0.4, -0.2) is 55.8 Å². The number of hydrogen-bond donors (Lipinski definition) is 0. The molecule has 3 nitrogen and oxygen atoms in total. The van der Waals surface area contributed by atoms with Crippen LogP contribution in [-0.2, 0) is 12.8 Å². The van der Waals surface area contributed by atoms with Crippen LogP contribution in [0.25, 0.3) is 30.8 Å². The van der Waals surface area contributed by atoms with Gasteiger partial charge in [-0.25, -0.2) is 0 Å².